The van der Waals surface area contributed by atoms with Crippen LogP contribution in [-0.2, 0) is 4.79 Å². The number of nitrogens with two attached hydrogens (primary N) is 1. The molecule has 0 radical (unpaired) electrons. The van der Waals surface area contributed by atoms with E-state index in [0.29, 0.717) is 11.4 Å². The fourth-order valence-corrected chi connectivity index (χ4v) is 1.04. The SMILES string of the molecule is N=C(N)Nc1cccc(NCC(=O)O)c1. The van der Waals surface area contributed by atoms with Crippen molar-refractivity contribution in [1.82, 2.24) is 0 Å². The fraction of sp³-hybridized carbons (Fsp3) is 0.111. The molecule has 0 aliphatic carbocycles. The van der Waals surface area contributed by atoms with E-state index in [4.69, 9.17) is 16.2 Å². The van der Waals surface area contributed by atoms with Crippen molar-refractivity contribution in [3.05, 3.63) is 24.3 Å². The maximum atomic E-state index is 10.3. The van der Waals surface area contributed by atoms with Gasteiger partial charge in [0.25, 0.3) is 0 Å². The third-order valence-electron chi connectivity index (χ3n) is 1.59. The van der Waals surface area contributed by atoms with Crippen molar-refractivity contribution in [3.8, 4) is 0 Å². The first-order chi connectivity index (χ1) is 7.08. The maximum Gasteiger partial charge on any atom is 0.322 e. The van der Waals surface area contributed by atoms with Gasteiger partial charge in [0.15, 0.2) is 5.96 Å². The van der Waals surface area contributed by atoms with Gasteiger partial charge >= 0.3 is 5.97 Å². The highest BCUT2D eigenvalue weighted by atomic mass is 16.4. The molecule has 1 rings (SSSR count). The Labute approximate surface area is 86.6 Å². The average molecular weight is 208 g/mol. The van der Waals surface area contributed by atoms with E-state index in [1.165, 1.54) is 0 Å². The van der Waals surface area contributed by atoms with Crippen molar-refractivity contribution < 1.29 is 9.90 Å². The number of hydrogen-bond acceptors (Lipinski definition) is 3. The lowest BCUT2D eigenvalue weighted by molar-refractivity contribution is -0.134. The minimum absolute atomic E-state index is 0.149. The summed E-state index contributed by atoms with van der Waals surface area (Å²) in [5.41, 5.74) is 6.45. The van der Waals surface area contributed by atoms with Gasteiger partial charge in [-0.3, -0.25) is 10.2 Å². The smallest absolute Gasteiger partial charge is 0.322 e. The maximum absolute atomic E-state index is 10.3. The number of nitrogens with one attached hydrogen (secondary N) is 3. The number of guanidine groups is 1. The number of aliphatic carboxylic acids is 1. The zero-order valence-corrected chi connectivity index (χ0v) is 7.95. The van der Waals surface area contributed by atoms with Crippen LogP contribution >= 0.6 is 0 Å². The van der Waals surface area contributed by atoms with Crippen molar-refractivity contribution in [2.75, 3.05) is 17.2 Å². The molecule has 0 saturated carbocycles. The van der Waals surface area contributed by atoms with Gasteiger partial charge in [-0.2, -0.15) is 0 Å². The molecule has 6 nitrogen and oxygen atoms in total. The summed E-state index contributed by atoms with van der Waals surface area (Å²) in [5, 5.41) is 20.8. The lowest BCUT2D eigenvalue weighted by Gasteiger charge is -2.07. The number of carbonyl (C=O) groups is 1. The van der Waals surface area contributed by atoms with E-state index in [0.717, 1.165) is 0 Å². The minimum Gasteiger partial charge on any atom is -0.480 e. The molecule has 0 aromatic heterocycles. The summed E-state index contributed by atoms with van der Waals surface area (Å²) in [4.78, 5) is 10.3. The second-order valence-electron chi connectivity index (χ2n) is 2.87. The topological polar surface area (TPSA) is 111 Å². The summed E-state index contributed by atoms with van der Waals surface area (Å²) in [6.45, 7) is -0.149. The Balaban J connectivity index is 2.65. The van der Waals surface area contributed by atoms with Crippen LogP contribution in [0.15, 0.2) is 24.3 Å². The molecule has 1 aromatic rings. The van der Waals surface area contributed by atoms with Crippen LogP contribution in [0.5, 0.6) is 0 Å². The molecule has 0 heterocycles. The highest BCUT2D eigenvalue weighted by Crippen LogP contribution is 2.14. The van der Waals surface area contributed by atoms with Gasteiger partial charge in [-0.1, -0.05) is 6.07 Å². The minimum atomic E-state index is -0.931. The molecule has 80 valence electrons. The molecule has 0 aliphatic heterocycles. The molecule has 6 heteroatoms. The Morgan fingerprint density at radius 3 is 2.73 bits per heavy atom. The highest BCUT2D eigenvalue weighted by molar-refractivity contribution is 5.90. The molecule has 6 N–H and O–H groups in total. The molecule has 0 atom stereocenters. The Hall–Kier alpha value is -2.24. The van der Waals surface area contributed by atoms with Crippen LogP contribution in [-0.4, -0.2) is 23.6 Å². The van der Waals surface area contributed by atoms with Crippen LogP contribution in [0.3, 0.4) is 0 Å². The molecule has 0 spiro atoms. The predicted molar refractivity (Wildman–Crippen MR) is 58.1 cm³/mol. The number of anilines is 2. The highest BCUT2D eigenvalue weighted by Gasteiger charge is 1.98. The van der Waals surface area contributed by atoms with E-state index in [1.807, 2.05) is 0 Å². The van der Waals surface area contributed by atoms with Crippen LogP contribution in [0.2, 0.25) is 0 Å². The Morgan fingerprint density at radius 2 is 2.13 bits per heavy atom. The van der Waals surface area contributed by atoms with Gasteiger partial charge in [-0.15, -0.1) is 0 Å². The second kappa shape index (κ2) is 4.85. The molecule has 1 aromatic carbocycles. The number of hydrogen-bond donors (Lipinski definition) is 5. The zero-order valence-electron chi connectivity index (χ0n) is 7.95. The monoisotopic (exact) mass is 208 g/mol. The Morgan fingerprint density at radius 1 is 1.47 bits per heavy atom. The van der Waals surface area contributed by atoms with Gasteiger partial charge in [-0.25, -0.2) is 0 Å². The van der Waals surface area contributed by atoms with E-state index < -0.39 is 5.97 Å². The molecular weight excluding hydrogens is 196 g/mol. The summed E-state index contributed by atoms with van der Waals surface area (Å²) >= 11 is 0. The quantitative estimate of drug-likeness (QED) is 0.365. The summed E-state index contributed by atoms with van der Waals surface area (Å²) < 4.78 is 0. The van der Waals surface area contributed by atoms with Crippen molar-refractivity contribution in [1.29, 1.82) is 5.41 Å². The lowest BCUT2D eigenvalue weighted by atomic mass is 10.3. The molecule has 0 bridgehead atoms. The largest absolute Gasteiger partial charge is 0.480 e. The molecule has 0 fully saturated rings. The predicted octanol–water partition coefficient (Wildman–Crippen LogP) is 0.488. The van der Waals surface area contributed by atoms with Gasteiger partial charge in [0, 0.05) is 11.4 Å². The van der Waals surface area contributed by atoms with Crippen molar-refractivity contribution in [2.45, 2.75) is 0 Å². The molecule has 15 heavy (non-hydrogen) atoms. The van der Waals surface area contributed by atoms with Crippen molar-refractivity contribution in [2.24, 2.45) is 5.73 Å². The number of benzene rings is 1. The summed E-state index contributed by atoms with van der Waals surface area (Å²) in [5.74, 6) is -1.09. The van der Waals surface area contributed by atoms with Crippen LogP contribution in [0.25, 0.3) is 0 Å². The normalized spacial score (nSPS) is 9.33. The van der Waals surface area contributed by atoms with Crippen LogP contribution in [0.4, 0.5) is 11.4 Å². The second-order valence-corrected chi connectivity index (χ2v) is 2.87. The number of carboxylic acids is 1. The lowest BCUT2D eigenvalue weighted by Crippen LogP contribution is -2.20. The number of carboxylic acid groups (broad SMARTS) is 1. The standard InChI is InChI=1S/C9H12N4O2/c10-9(11)13-7-3-1-2-6(4-7)12-5-8(14)15/h1-4,12H,5H2,(H,14,15)(H4,10,11,13). The Kier molecular flexibility index (Phi) is 3.50. The zero-order chi connectivity index (χ0) is 11.3. The summed E-state index contributed by atoms with van der Waals surface area (Å²) in [7, 11) is 0. The van der Waals surface area contributed by atoms with Crippen LogP contribution in [0.1, 0.15) is 0 Å². The van der Waals surface area contributed by atoms with E-state index >= 15 is 0 Å². The molecule has 0 saturated heterocycles. The first-order valence-corrected chi connectivity index (χ1v) is 4.24. The summed E-state index contributed by atoms with van der Waals surface area (Å²) in [6, 6.07) is 6.86. The van der Waals surface area contributed by atoms with Crippen molar-refractivity contribution >= 4 is 23.3 Å². The third-order valence-corrected chi connectivity index (χ3v) is 1.59. The fourth-order valence-electron chi connectivity index (χ4n) is 1.04. The first-order valence-electron chi connectivity index (χ1n) is 4.24. The summed E-state index contributed by atoms with van der Waals surface area (Å²) in [6.07, 6.45) is 0. The molecule has 0 amide bonds. The van der Waals surface area contributed by atoms with E-state index in [2.05, 4.69) is 10.6 Å². The number of rotatable bonds is 4. The van der Waals surface area contributed by atoms with Crippen LogP contribution < -0.4 is 16.4 Å². The van der Waals surface area contributed by atoms with Gasteiger partial charge in [0.05, 0.1) is 0 Å². The van der Waals surface area contributed by atoms with Crippen molar-refractivity contribution in [3.63, 3.8) is 0 Å². The van der Waals surface area contributed by atoms with Gasteiger partial charge in [0.2, 0.25) is 0 Å². The Bertz CT molecular complexity index is 378. The molecular formula is C9H12N4O2. The first kappa shape index (κ1) is 10.8. The van der Waals surface area contributed by atoms with Gasteiger partial charge in [0.1, 0.15) is 6.54 Å². The third kappa shape index (κ3) is 3.99. The van der Waals surface area contributed by atoms with Gasteiger partial charge in [-0.05, 0) is 18.2 Å². The average Bonchev–Trinajstić information content (AvgIpc) is 2.14. The van der Waals surface area contributed by atoms with Gasteiger partial charge < -0.3 is 21.5 Å². The van der Waals surface area contributed by atoms with E-state index in [1.54, 1.807) is 24.3 Å². The molecule has 0 aliphatic rings. The van der Waals surface area contributed by atoms with E-state index in [-0.39, 0.29) is 12.5 Å². The van der Waals surface area contributed by atoms with Crippen LogP contribution in [0, 0.1) is 5.41 Å². The van der Waals surface area contributed by atoms with E-state index in [9.17, 15) is 4.79 Å². The molecule has 0 unspecified atom stereocenters.